The van der Waals surface area contributed by atoms with E-state index in [0.717, 1.165) is 23.0 Å². The Bertz CT molecular complexity index is 912. The standard InChI is InChI=1S/C16H16N4O2/c1-3-13-19-15(20-22-13)11-7-10-12(18-16(11)21)4-5-17-14(10)9-6-8(9)2/h4-5,7-9H,3,6H2,1-2H3,(H,18,21). The third kappa shape index (κ3) is 2.03. The number of nitrogens with one attached hydrogen (secondary N) is 1. The minimum absolute atomic E-state index is 0.211. The number of pyridine rings is 2. The number of hydrogen-bond acceptors (Lipinski definition) is 5. The van der Waals surface area contributed by atoms with Crippen LogP contribution in [0.2, 0.25) is 0 Å². The largest absolute Gasteiger partial charge is 0.339 e. The lowest BCUT2D eigenvalue weighted by atomic mass is 10.1. The van der Waals surface area contributed by atoms with Gasteiger partial charge in [0.2, 0.25) is 11.7 Å². The first-order valence-corrected chi connectivity index (χ1v) is 7.52. The summed E-state index contributed by atoms with van der Waals surface area (Å²) in [6.45, 7) is 4.14. The highest BCUT2D eigenvalue weighted by Crippen LogP contribution is 2.47. The summed E-state index contributed by atoms with van der Waals surface area (Å²) < 4.78 is 5.11. The van der Waals surface area contributed by atoms with Crippen molar-refractivity contribution in [3.8, 4) is 11.4 Å². The van der Waals surface area contributed by atoms with Gasteiger partial charge in [-0.3, -0.25) is 9.78 Å². The van der Waals surface area contributed by atoms with Crippen molar-refractivity contribution in [1.29, 1.82) is 0 Å². The molecule has 3 heterocycles. The van der Waals surface area contributed by atoms with Gasteiger partial charge in [-0.15, -0.1) is 0 Å². The van der Waals surface area contributed by atoms with Crippen LogP contribution >= 0.6 is 0 Å². The lowest BCUT2D eigenvalue weighted by Gasteiger charge is -2.05. The van der Waals surface area contributed by atoms with Gasteiger partial charge in [0, 0.05) is 23.9 Å². The third-order valence-electron chi connectivity index (χ3n) is 4.27. The zero-order chi connectivity index (χ0) is 15.3. The monoisotopic (exact) mass is 296 g/mol. The topological polar surface area (TPSA) is 84.7 Å². The van der Waals surface area contributed by atoms with E-state index >= 15 is 0 Å². The predicted molar refractivity (Wildman–Crippen MR) is 81.6 cm³/mol. The van der Waals surface area contributed by atoms with Crippen molar-refractivity contribution in [3.05, 3.63) is 40.3 Å². The van der Waals surface area contributed by atoms with Crippen molar-refractivity contribution < 1.29 is 4.52 Å². The number of fused-ring (bicyclic) bond motifs is 1. The molecule has 1 saturated carbocycles. The first-order chi connectivity index (χ1) is 10.7. The van der Waals surface area contributed by atoms with Crippen molar-refractivity contribution in [2.45, 2.75) is 32.6 Å². The zero-order valence-electron chi connectivity index (χ0n) is 12.5. The average Bonchev–Trinajstić information content (AvgIpc) is 3.06. The number of rotatable bonds is 3. The molecule has 6 heteroatoms. The Balaban J connectivity index is 1.92. The van der Waals surface area contributed by atoms with Crippen LogP contribution in [-0.4, -0.2) is 20.1 Å². The Labute approximate surface area is 126 Å². The highest BCUT2D eigenvalue weighted by molar-refractivity contribution is 5.85. The molecule has 3 aromatic rings. The molecule has 2 unspecified atom stereocenters. The number of aromatic nitrogens is 4. The Morgan fingerprint density at radius 3 is 2.95 bits per heavy atom. The third-order valence-corrected chi connectivity index (χ3v) is 4.27. The first kappa shape index (κ1) is 13.2. The highest BCUT2D eigenvalue weighted by Gasteiger charge is 2.36. The van der Waals surface area contributed by atoms with E-state index in [0.29, 0.717) is 35.5 Å². The molecule has 22 heavy (non-hydrogen) atoms. The molecular weight excluding hydrogens is 280 g/mol. The van der Waals surface area contributed by atoms with Crippen LogP contribution < -0.4 is 5.56 Å². The van der Waals surface area contributed by atoms with E-state index < -0.39 is 0 Å². The Morgan fingerprint density at radius 1 is 1.45 bits per heavy atom. The second-order valence-corrected chi connectivity index (χ2v) is 5.85. The SMILES string of the molecule is CCc1nc(-c2cc3c(C4CC4C)nccc3[nH]c2=O)no1. The summed E-state index contributed by atoms with van der Waals surface area (Å²) in [5.74, 6) is 1.97. The summed E-state index contributed by atoms with van der Waals surface area (Å²) in [6.07, 6.45) is 3.54. The maximum Gasteiger partial charge on any atom is 0.259 e. The molecule has 2 atom stereocenters. The van der Waals surface area contributed by atoms with Crippen molar-refractivity contribution >= 4 is 10.9 Å². The molecule has 6 nitrogen and oxygen atoms in total. The van der Waals surface area contributed by atoms with Crippen molar-refractivity contribution in [2.24, 2.45) is 5.92 Å². The van der Waals surface area contributed by atoms with E-state index in [1.54, 1.807) is 6.20 Å². The molecule has 0 radical (unpaired) electrons. The van der Waals surface area contributed by atoms with Gasteiger partial charge in [0.15, 0.2) is 0 Å². The van der Waals surface area contributed by atoms with E-state index in [2.05, 4.69) is 27.0 Å². The van der Waals surface area contributed by atoms with Crippen LogP contribution in [0.15, 0.2) is 27.6 Å². The summed E-state index contributed by atoms with van der Waals surface area (Å²) in [5, 5.41) is 4.87. The number of H-pyrrole nitrogens is 1. The van der Waals surface area contributed by atoms with Gasteiger partial charge in [-0.05, 0) is 24.5 Å². The average molecular weight is 296 g/mol. The number of aryl methyl sites for hydroxylation is 1. The van der Waals surface area contributed by atoms with Gasteiger partial charge < -0.3 is 9.51 Å². The Hall–Kier alpha value is -2.50. The number of aromatic amines is 1. The molecule has 1 N–H and O–H groups in total. The molecule has 0 aliphatic heterocycles. The molecule has 112 valence electrons. The second-order valence-electron chi connectivity index (χ2n) is 5.85. The van der Waals surface area contributed by atoms with Crippen molar-refractivity contribution in [2.75, 3.05) is 0 Å². The van der Waals surface area contributed by atoms with E-state index in [1.165, 1.54) is 0 Å². The number of nitrogens with zero attached hydrogens (tertiary/aromatic N) is 3. The highest BCUT2D eigenvalue weighted by atomic mass is 16.5. The Morgan fingerprint density at radius 2 is 2.27 bits per heavy atom. The smallest absolute Gasteiger partial charge is 0.259 e. The lowest BCUT2D eigenvalue weighted by molar-refractivity contribution is 0.382. The summed E-state index contributed by atoms with van der Waals surface area (Å²) in [7, 11) is 0. The molecule has 4 rings (SSSR count). The van der Waals surface area contributed by atoms with Crippen LogP contribution in [0.1, 0.15) is 37.8 Å². The predicted octanol–water partition coefficient (Wildman–Crippen LogP) is 2.66. The fourth-order valence-corrected chi connectivity index (χ4v) is 2.82. The van der Waals surface area contributed by atoms with E-state index in [-0.39, 0.29) is 5.56 Å². The normalized spacial score (nSPS) is 20.5. The molecule has 1 aliphatic carbocycles. The quantitative estimate of drug-likeness (QED) is 0.803. The van der Waals surface area contributed by atoms with Crippen molar-refractivity contribution in [3.63, 3.8) is 0 Å². The molecule has 0 aromatic carbocycles. The molecular formula is C16H16N4O2. The zero-order valence-corrected chi connectivity index (χ0v) is 12.5. The summed E-state index contributed by atoms with van der Waals surface area (Å²) in [6, 6.07) is 3.66. The van der Waals surface area contributed by atoms with Crippen LogP contribution in [0, 0.1) is 5.92 Å². The maximum atomic E-state index is 12.3. The molecule has 1 fully saturated rings. The van der Waals surface area contributed by atoms with Gasteiger partial charge in [-0.1, -0.05) is 19.0 Å². The van der Waals surface area contributed by atoms with Gasteiger partial charge in [0.05, 0.1) is 16.8 Å². The van der Waals surface area contributed by atoms with Crippen LogP contribution in [0.4, 0.5) is 0 Å². The molecule has 0 bridgehead atoms. The van der Waals surface area contributed by atoms with E-state index in [1.807, 2.05) is 19.1 Å². The van der Waals surface area contributed by atoms with Crippen LogP contribution in [0.3, 0.4) is 0 Å². The van der Waals surface area contributed by atoms with E-state index in [9.17, 15) is 4.79 Å². The van der Waals surface area contributed by atoms with Crippen molar-refractivity contribution in [1.82, 2.24) is 20.1 Å². The van der Waals surface area contributed by atoms with Crippen LogP contribution in [-0.2, 0) is 6.42 Å². The van der Waals surface area contributed by atoms with Gasteiger partial charge in [0.1, 0.15) is 0 Å². The minimum atomic E-state index is -0.211. The van der Waals surface area contributed by atoms with Gasteiger partial charge in [0.25, 0.3) is 5.56 Å². The molecule has 3 aromatic heterocycles. The fraction of sp³-hybridized carbons (Fsp3) is 0.375. The lowest BCUT2D eigenvalue weighted by Crippen LogP contribution is -2.10. The number of hydrogen-bond donors (Lipinski definition) is 1. The summed E-state index contributed by atoms with van der Waals surface area (Å²) in [5.41, 5.74) is 2.06. The van der Waals surface area contributed by atoms with Gasteiger partial charge >= 0.3 is 0 Å². The van der Waals surface area contributed by atoms with Crippen LogP contribution in [0.25, 0.3) is 22.3 Å². The second kappa shape index (κ2) is 4.76. The summed E-state index contributed by atoms with van der Waals surface area (Å²) in [4.78, 5) is 24.0. The maximum absolute atomic E-state index is 12.3. The van der Waals surface area contributed by atoms with Gasteiger partial charge in [-0.25, -0.2) is 0 Å². The molecule has 0 saturated heterocycles. The molecule has 1 aliphatic rings. The Kier molecular flexibility index (Phi) is 2.85. The fourth-order valence-electron chi connectivity index (χ4n) is 2.82. The molecule has 0 spiro atoms. The summed E-state index contributed by atoms with van der Waals surface area (Å²) >= 11 is 0. The van der Waals surface area contributed by atoms with E-state index in [4.69, 9.17) is 4.52 Å². The van der Waals surface area contributed by atoms with Gasteiger partial charge in [-0.2, -0.15) is 4.98 Å². The first-order valence-electron chi connectivity index (χ1n) is 7.52. The van der Waals surface area contributed by atoms with Crippen LogP contribution in [0.5, 0.6) is 0 Å². The molecule has 0 amide bonds. The minimum Gasteiger partial charge on any atom is -0.339 e.